The van der Waals surface area contributed by atoms with Crippen LogP contribution in [0.25, 0.3) is 0 Å². The highest BCUT2D eigenvalue weighted by molar-refractivity contribution is 5.96. The first-order valence-electron chi connectivity index (χ1n) is 9.21. The molecule has 140 valence electrons. The number of hydrogen-bond acceptors (Lipinski definition) is 3. The normalized spacial score (nSPS) is 13.6. The minimum absolute atomic E-state index is 0.0816. The Morgan fingerprint density at radius 3 is 2.67 bits per heavy atom. The number of rotatable bonds is 7. The molecule has 1 aliphatic heterocycles. The number of carbonyl (C=O) groups is 2. The molecule has 5 heteroatoms. The van der Waals surface area contributed by atoms with Gasteiger partial charge in [-0.15, -0.1) is 6.58 Å². The summed E-state index contributed by atoms with van der Waals surface area (Å²) >= 11 is 0. The van der Waals surface area contributed by atoms with Gasteiger partial charge in [0.25, 0.3) is 0 Å². The van der Waals surface area contributed by atoms with E-state index in [2.05, 4.69) is 23.3 Å². The van der Waals surface area contributed by atoms with Gasteiger partial charge in [-0.2, -0.15) is 0 Å². The zero-order valence-electron chi connectivity index (χ0n) is 15.6. The maximum Gasteiger partial charge on any atom is 0.242 e. The van der Waals surface area contributed by atoms with Gasteiger partial charge in [-0.25, -0.2) is 0 Å². The molecule has 0 fully saturated rings. The number of hydrogen-bond donors (Lipinski definition) is 2. The third kappa shape index (κ3) is 4.56. The topological polar surface area (TPSA) is 61.4 Å². The summed E-state index contributed by atoms with van der Waals surface area (Å²) in [4.78, 5) is 26.4. The van der Waals surface area contributed by atoms with Gasteiger partial charge in [0.15, 0.2) is 0 Å². The molecule has 2 amide bonds. The molecule has 0 aromatic heterocycles. The Morgan fingerprint density at radius 1 is 1.19 bits per heavy atom. The predicted molar refractivity (Wildman–Crippen MR) is 109 cm³/mol. The van der Waals surface area contributed by atoms with Crippen LogP contribution in [0.1, 0.15) is 18.1 Å². The summed E-state index contributed by atoms with van der Waals surface area (Å²) in [7, 11) is 0. The van der Waals surface area contributed by atoms with E-state index in [9.17, 15) is 9.59 Å². The lowest BCUT2D eigenvalue weighted by Gasteiger charge is -2.18. The van der Waals surface area contributed by atoms with Crippen LogP contribution in [0.4, 0.5) is 11.4 Å². The molecule has 2 N–H and O–H groups in total. The van der Waals surface area contributed by atoms with Crippen molar-refractivity contribution in [3.05, 3.63) is 72.3 Å². The number of para-hydroxylation sites is 1. The van der Waals surface area contributed by atoms with Crippen LogP contribution >= 0.6 is 0 Å². The number of amides is 2. The quantitative estimate of drug-likeness (QED) is 0.744. The van der Waals surface area contributed by atoms with Crippen molar-refractivity contribution in [2.75, 3.05) is 23.3 Å². The number of nitrogens with one attached hydrogen (secondary N) is 2. The van der Waals surface area contributed by atoms with Crippen LogP contribution in [0, 0.1) is 0 Å². The van der Waals surface area contributed by atoms with E-state index in [1.807, 2.05) is 47.4 Å². The molecule has 1 heterocycles. The summed E-state index contributed by atoms with van der Waals surface area (Å²) in [5.74, 6) is 0.0275. The van der Waals surface area contributed by atoms with Gasteiger partial charge in [-0.3, -0.25) is 9.59 Å². The van der Waals surface area contributed by atoms with Gasteiger partial charge in [0.1, 0.15) is 6.04 Å². The molecular weight excluding hydrogens is 338 g/mol. The SMILES string of the molecule is C=CCNC(=O)[C@H](C)Nc1ccc(CC(=O)N2CCc3ccccc32)cc1. The lowest BCUT2D eigenvalue weighted by molar-refractivity contribution is -0.121. The van der Waals surface area contributed by atoms with Gasteiger partial charge in [0.2, 0.25) is 11.8 Å². The first kappa shape index (κ1) is 18.7. The minimum Gasteiger partial charge on any atom is -0.374 e. The molecule has 2 aromatic rings. The Balaban J connectivity index is 1.57. The molecular formula is C22H25N3O2. The Bertz CT molecular complexity index is 830. The minimum atomic E-state index is -0.349. The van der Waals surface area contributed by atoms with E-state index in [4.69, 9.17) is 0 Å². The average Bonchev–Trinajstić information content (AvgIpc) is 3.11. The monoisotopic (exact) mass is 363 g/mol. The van der Waals surface area contributed by atoms with E-state index in [-0.39, 0.29) is 17.9 Å². The summed E-state index contributed by atoms with van der Waals surface area (Å²) in [6, 6.07) is 15.4. The molecule has 1 aliphatic rings. The molecule has 0 saturated heterocycles. The second-order valence-electron chi connectivity index (χ2n) is 6.70. The van der Waals surface area contributed by atoms with Gasteiger partial charge in [-0.1, -0.05) is 36.4 Å². The van der Waals surface area contributed by atoms with E-state index in [1.54, 1.807) is 13.0 Å². The van der Waals surface area contributed by atoms with Crippen LogP contribution in [0.3, 0.4) is 0 Å². The van der Waals surface area contributed by atoms with Crippen molar-refractivity contribution in [2.24, 2.45) is 0 Å². The highest BCUT2D eigenvalue weighted by atomic mass is 16.2. The zero-order valence-corrected chi connectivity index (χ0v) is 15.6. The molecule has 0 unspecified atom stereocenters. The van der Waals surface area contributed by atoms with Crippen molar-refractivity contribution in [3.63, 3.8) is 0 Å². The smallest absolute Gasteiger partial charge is 0.242 e. The van der Waals surface area contributed by atoms with Gasteiger partial charge in [0.05, 0.1) is 6.42 Å². The Labute approximate surface area is 160 Å². The standard InChI is InChI=1S/C22H25N3O2/c1-3-13-23-22(27)16(2)24-19-10-8-17(9-11-19)15-21(26)25-14-12-18-6-4-5-7-20(18)25/h3-11,16,24H,1,12-15H2,2H3,(H,23,27)/t16-/m0/s1. The van der Waals surface area contributed by atoms with Crippen molar-refractivity contribution in [3.8, 4) is 0 Å². The zero-order chi connectivity index (χ0) is 19.2. The molecule has 2 aromatic carbocycles. The summed E-state index contributed by atoms with van der Waals surface area (Å²) in [5.41, 5.74) is 4.06. The number of nitrogens with zero attached hydrogens (tertiary/aromatic N) is 1. The van der Waals surface area contributed by atoms with Crippen molar-refractivity contribution >= 4 is 23.2 Å². The predicted octanol–water partition coefficient (Wildman–Crippen LogP) is 2.92. The van der Waals surface area contributed by atoms with Crippen LogP contribution < -0.4 is 15.5 Å². The van der Waals surface area contributed by atoms with Crippen LogP contribution in [-0.2, 0) is 22.4 Å². The van der Waals surface area contributed by atoms with E-state index in [0.717, 1.165) is 29.9 Å². The lowest BCUT2D eigenvalue weighted by Crippen LogP contribution is -2.37. The van der Waals surface area contributed by atoms with Gasteiger partial charge < -0.3 is 15.5 Å². The molecule has 27 heavy (non-hydrogen) atoms. The third-order valence-electron chi connectivity index (χ3n) is 4.69. The highest BCUT2D eigenvalue weighted by Gasteiger charge is 2.23. The molecule has 0 bridgehead atoms. The summed E-state index contributed by atoms with van der Waals surface area (Å²) in [6.45, 7) is 6.59. The van der Waals surface area contributed by atoms with Crippen LogP contribution in [0.5, 0.6) is 0 Å². The van der Waals surface area contributed by atoms with Crippen LogP contribution in [0.2, 0.25) is 0 Å². The molecule has 0 saturated carbocycles. The summed E-state index contributed by atoms with van der Waals surface area (Å²) < 4.78 is 0. The number of carbonyl (C=O) groups excluding carboxylic acids is 2. The van der Waals surface area contributed by atoms with Crippen molar-refractivity contribution < 1.29 is 9.59 Å². The second kappa shape index (κ2) is 8.54. The molecule has 0 radical (unpaired) electrons. The van der Waals surface area contributed by atoms with Crippen molar-refractivity contribution in [1.29, 1.82) is 0 Å². The fourth-order valence-corrected chi connectivity index (χ4v) is 3.23. The van der Waals surface area contributed by atoms with E-state index in [0.29, 0.717) is 13.0 Å². The Kier molecular flexibility index (Phi) is 5.91. The number of benzene rings is 2. The van der Waals surface area contributed by atoms with E-state index >= 15 is 0 Å². The fraction of sp³-hybridized carbons (Fsp3) is 0.273. The van der Waals surface area contributed by atoms with Gasteiger partial charge in [0, 0.05) is 24.5 Å². The second-order valence-corrected chi connectivity index (χ2v) is 6.70. The first-order valence-corrected chi connectivity index (χ1v) is 9.21. The van der Waals surface area contributed by atoms with Crippen LogP contribution in [-0.4, -0.2) is 30.9 Å². The van der Waals surface area contributed by atoms with Crippen LogP contribution in [0.15, 0.2) is 61.2 Å². The van der Waals surface area contributed by atoms with E-state index < -0.39 is 0 Å². The first-order chi connectivity index (χ1) is 13.1. The maximum absolute atomic E-state index is 12.7. The van der Waals surface area contributed by atoms with E-state index in [1.165, 1.54) is 5.56 Å². The van der Waals surface area contributed by atoms with Crippen molar-refractivity contribution in [1.82, 2.24) is 5.32 Å². The molecule has 3 rings (SSSR count). The lowest BCUT2D eigenvalue weighted by atomic mass is 10.1. The number of fused-ring (bicyclic) bond motifs is 1. The average molecular weight is 363 g/mol. The third-order valence-corrected chi connectivity index (χ3v) is 4.69. The largest absolute Gasteiger partial charge is 0.374 e. The Morgan fingerprint density at radius 2 is 1.93 bits per heavy atom. The Hall–Kier alpha value is -3.08. The summed E-state index contributed by atoms with van der Waals surface area (Å²) in [5, 5.41) is 5.92. The molecule has 5 nitrogen and oxygen atoms in total. The van der Waals surface area contributed by atoms with Gasteiger partial charge in [-0.05, 0) is 42.7 Å². The molecule has 0 spiro atoms. The molecule has 1 atom stereocenters. The highest BCUT2D eigenvalue weighted by Crippen LogP contribution is 2.28. The van der Waals surface area contributed by atoms with Gasteiger partial charge >= 0.3 is 0 Å². The molecule has 0 aliphatic carbocycles. The fourth-order valence-electron chi connectivity index (χ4n) is 3.23. The summed E-state index contributed by atoms with van der Waals surface area (Å²) in [6.07, 6.45) is 2.93. The maximum atomic E-state index is 12.7. The number of anilines is 2. The van der Waals surface area contributed by atoms with Crippen molar-refractivity contribution in [2.45, 2.75) is 25.8 Å².